The van der Waals surface area contributed by atoms with Crippen LogP contribution in [0.1, 0.15) is 49.9 Å². The van der Waals surface area contributed by atoms with Crippen molar-refractivity contribution in [3.8, 4) is 0 Å². The molecule has 2 heterocycles. The summed E-state index contributed by atoms with van der Waals surface area (Å²) in [7, 11) is 0. The van der Waals surface area contributed by atoms with Gasteiger partial charge < -0.3 is 62.5 Å². The van der Waals surface area contributed by atoms with Crippen LogP contribution in [0.5, 0.6) is 0 Å². The van der Waals surface area contributed by atoms with E-state index in [1.54, 1.807) is 0 Å². The van der Waals surface area contributed by atoms with Gasteiger partial charge in [0, 0.05) is 61.8 Å². The van der Waals surface area contributed by atoms with Gasteiger partial charge in [0.15, 0.2) is 37.9 Å². The fourth-order valence-electron chi connectivity index (χ4n) is 5.05. The predicted molar refractivity (Wildman–Crippen MR) is 182 cm³/mol. The molecule has 0 saturated carbocycles. The summed E-state index contributed by atoms with van der Waals surface area (Å²) in [6.45, 7) is 15.9. The van der Waals surface area contributed by atoms with E-state index in [0.717, 1.165) is 39.3 Å². The lowest BCUT2D eigenvalue weighted by atomic mass is 10.1. The van der Waals surface area contributed by atoms with Crippen molar-refractivity contribution in [3.05, 3.63) is 120 Å². The smallest absolute Gasteiger partial charge is 0.171 e. The number of rotatable bonds is 16. The Hall–Kier alpha value is -2.76. The molecule has 4 aromatic rings. The second kappa shape index (κ2) is 21.1. The molecule has 0 aliphatic rings. The molecule has 0 aliphatic carbocycles. The normalized spacial score (nSPS) is 10.9. The second-order valence-electron chi connectivity index (χ2n) is 10.5. The van der Waals surface area contributed by atoms with Gasteiger partial charge in [0.1, 0.15) is 13.2 Å². The quantitative estimate of drug-likeness (QED) is 0.0960. The van der Waals surface area contributed by atoms with E-state index in [1.165, 1.54) is 33.6 Å². The second-order valence-corrected chi connectivity index (χ2v) is 10.5. The monoisotopic (exact) mass is 830 g/mol. The van der Waals surface area contributed by atoms with Crippen LogP contribution in [0.2, 0.25) is 0 Å². The molecule has 2 aromatic heterocycles. The molecule has 0 bridgehead atoms. The van der Waals surface area contributed by atoms with Gasteiger partial charge in [-0.15, -0.1) is 0 Å². The lowest BCUT2D eigenvalue weighted by molar-refractivity contribution is -0.705. The molecular weight excluding hydrogens is 782 g/mol. The van der Waals surface area contributed by atoms with Gasteiger partial charge in [0.2, 0.25) is 0 Å². The van der Waals surface area contributed by atoms with Crippen molar-refractivity contribution in [2.24, 2.45) is 0 Å². The van der Waals surface area contributed by atoms with E-state index < -0.39 is 0 Å². The highest BCUT2D eigenvalue weighted by Gasteiger charge is 2.04. The molecule has 0 saturated heterocycles. The third-order valence-electron chi connectivity index (χ3n) is 7.80. The van der Waals surface area contributed by atoms with Crippen LogP contribution in [0.3, 0.4) is 0 Å². The zero-order valence-corrected chi connectivity index (χ0v) is 31.5. The molecule has 0 N–H and O–H groups in total. The number of anilines is 2. The third-order valence-corrected chi connectivity index (χ3v) is 7.80. The molecule has 4 rings (SSSR count). The molecular formula is C38H48I2N4O. The number of hydrogen-bond donors (Lipinski definition) is 0. The highest BCUT2D eigenvalue weighted by atomic mass is 127. The van der Waals surface area contributed by atoms with Gasteiger partial charge in [-0.25, -0.2) is 9.13 Å². The molecule has 0 unspecified atom stereocenters. The first-order chi connectivity index (χ1) is 21.1. The average Bonchev–Trinajstić information content (AvgIpc) is 3.06. The third kappa shape index (κ3) is 12.5. The molecule has 5 nitrogen and oxygen atoms in total. The molecule has 0 amide bonds. The number of pyridine rings is 2. The van der Waals surface area contributed by atoms with Gasteiger partial charge in [-0.2, -0.15) is 0 Å². The lowest BCUT2D eigenvalue weighted by Gasteiger charge is -2.20. The van der Waals surface area contributed by atoms with Crippen molar-refractivity contribution in [2.45, 2.75) is 40.8 Å². The van der Waals surface area contributed by atoms with Gasteiger partial charge in [-0.3, -0.25) is 0 Å². The first-order valence-corrected chi connectivity index (χ1v) is 15.7. The van der Waals surface area contributed by atoms with E-state index >= 15 is 0 Å². The van der Waals surface area contributed by atoms with Gasteiger partial charge in [-0.1, -0.05) is 48.6 Å². The molecule has 240 valence electrons. The summed E-state index contributed by atoms with van der Waals surface area (Å²) in [5.74, 6) is 0. The molecule has 0 atom stereocenters. The van der Waals surface area contributed by atoms with Gasteiger partial charge in [0.05, 0.1) is 0 Å². The SMILES string of the molecule is CCN(CC)c1ccc(/C=C/c2cc[n+](CCOCC[n+]3ccc(/C=C/c4ccc(N(CC)CC)cc4)cc3)cc2)cc1.[I-].[I-]. The molecule has 0 aliphatic heterocycles. The highest BCUT2D eigenvalue weighted by Crippen LogP contribution is 2.17. The summed E-state index contributed by atoms with van der Waals surface area (Å²) in [5.41, 5.74) is 7.35. The fourth-order valence-corrected chi connectivity index (χ4v) is 5.05. The first kappa shape index (κ1) is 38.4. The van der Waals surface area contributed by atoms with Crippen LogP contribution >= 0.6 is 0 Å². The Kier molecular flexibility index (Phi) is 18.0. The fraction of sp³-hybridized carbons (Fsp3) is 0.316. The molecule has 0 spiro atoms. The highest BCUT2D eigenvalue weighted by molar-refractivity contribution is 5.71. The van der Waals surface area contributed by atoms with Crippen LogP contribution in [-0.2, 0) is 17.8 Å². The van der Waals surface area contributed by atoms with Crippen LogP contribution in [0.15, 0.2) is 97.6 Å². The minimum absolute atomic E-state index is 0. The van der Waals surface area contributed by atoms with Gasteiger partial charge >= 0.3 is 0 Å². The Morgan fingerprint density at radius 3 is 1.04 bits per heavy atom. The number of ether oxygens (including phenoxy) is 1. The van der Waals surface area contributed by atoms with Gasteiger partial charge in [0.25, 0.3) is 0 Å². The molecule has 2 aromatic carbocycles. The van der Waals surface area contributed by atoms with Crippen molar-refractivity contribution in [2.75, 3.05) is 49.2 Å². The van der Waals surface area contributed by atoms with E-state index in [0.29, 0.717) is 13.2 Å². The summed E-state index contributed by atoms with van der Waals surface area (Å²) >= 11 is 0. The zero-order chi connectivity index (χ0) is 30.3. The van der Waals surface area contributed by atoms with Crippen molar-refractivity contribution in [3.63, 3.8) is 0 Å². The van der Waals surface area contributed by atoms with Gasteiger partial charge in [-0.05, 0) is 74.2 Å². The minimum Gasteiger partial charge on any atom is -1.00 e. The van der Waals surface area contributed by atoms with Crippen molar-refractivity contribution in [1.82, 2.24) is 0 Å². The molecule has 0 fully saturated rings. The van der Waals surface area contributed by atoms with E-state index in [-0.39, 0.29) is 48.0 Å². The first-order valence-electron chi connectivity index (χ1n) is 15.7. The molecule has 7 heteroatoms. The Morgan fingerprint density at radius 2 is 0.756 bits per heavy atom. The van der Waals surface area contributed by atoms with Crippen LogP contribution in [0.25, 0.3) is 24.3 Å². The zero-order valence-electron chi connectivity index (χ0n) is 27.2. The summed E-state index contributed by atoms with van der Waals surface area (Å²) in [6.07, 6.45) is 17.1. The number of hydrogen-bond acceptors (Lipinski definition) is 3. The van der Waals surface area contributed by atoms with Crippen LogP contribution in [0, 0.1) is 0 Å². The number of halogens is 2. The van der Waals surface area contributed by atoms with Crippen LogP contribution in [-0.4, -0.2) is 39.4 Å². The predicted octanol–water partition coefficient (Wildman–Crippen LogP) is 1.02. The van der Waals surface area contributed by atoms with Crippen LogP contribution in [0.4, 0.5) is 11.4 Å². The van der Waals surface area contributed by atoms with E-state index in [4.69, 9.17) is 4.74 Å². The van der Waals surface area contributed by atoms with Crippen LogP contribution < -0.4 is 66.9 Å². The maximum atomic E-state index is 5.92. The molecule has 0 radical (unpaired) electrons. The van der Waals surface area contributed by atoms with Crippen molar-refractivity contribution < 1.29 is 61.8 Å². The maximum absolute atomic E-state index is 5.92. The Balaban J connectivity index is 0.00000353. The van der Waals surface area contributed by atoms with E-state index in [9.17, 15) is 0 Å². The Labute approximate surface area is 305 Å². The maximum Gasteiger partial charge on any atom is 0.171 e. The number of benzene rings is 2. The summed E-state index contributed by atoms with van der Waals surface area (Å²) in [6, 6.07) is 26.1. The summed E-state index contributed by atoms with van der Waals surface area (Å²) in [4.78, 5) is 4.72. The number of nitrogens with zero attached hydrogens (tertiary/aromatic N) is 4. The Morgan fingerprint density at radius 1 is 0.467 bits per heavy atom. The molecule has 45 heavy (non-hydrogen) atoms. The number of aromatic nitrogens is 2. The van der Waals surface area contributed by atoms with E-state index in [1.807, 2.05) is 0 Å². The van der Waals surface area contributed by atoms with Crippen molar-refractivity contribution in [1.29, 1.82) is 0 Å². The van der Waals surface area contributed by atoms with E-state index in [2.05, 4.69) is 169 Å². The average molecular weight is 831 g/mol. The van der Waals surface area contributed by atoms with Crippen molar-refractivity contribution >= 4 is 35.7 Å². The Bertz CT molecular complexity index is 1300. The largest absolute Gasteiger partial charge is 1.00 e. The summed E-state index contributed by atoms with van der Waals surface area (Å²) in [5, 5.41) is 0. The minimum atomic E-state index is 0. The summed E-state index contributed by atoms with van der Waals surface area (Å²) < 4.78 is 10.3. The lowest BCUT2D eigenvalue weighted by Crippen LogP contribution is -3.00. The topological polar surface area (TPSA) is 23.5 Å². The standard InChI is InChI=1S/C38H48N4O.2HI/c1-5-41(6-2)37-17-13-33(14-18-37)9-11-35-21-25-39(26-22-35)29-31-43-32-30-40-27-23-36(24-28-40)12-10-34-15-19-38(20-16-34)42(7-3)8-4;;/h9-28H,5-8,29-32H2,1-4H3;2*1H/q+2;;/p-2.